The summed E-state index contributed by atoms with van der Waals surface area (Å²) in [5.74, 6) is 0.380. The molecule has 0 unspecified atom stereocenters. The van der Waals surface area contributed by atoms with E-state index in [1.807, 2.05) is 0 Å². The molecule has 1 saturated carbocycles. The predicted octanol–water partition coefficient (Wildman–Crippen LogP) is 3.25. The van der Waals surface area contributed by atoms with E-state index in [-0.39, 0.29) is 0 Å². The summed E-state index contributed by atoms with van der Waals surface area (Å²) in [6.07, 6.45) is 10.3. The average molecular weight is 166 g/mol. The molecule has 0 saturated heterocycles. The lowest BCUT2D eigenvalue weighted by atomic mass is 9.89. The highest BCUT2D eigenvalue weighted by Gasteiger charge is 2.18. The summed E-state index contributed by atoms with van der Waals surface area (Å²) < 4.78 is 0. The standard InChI is InChI=1S/C11H18O/c1-2-3-4-5-6-7-10-8-9-11(10)12/h7H,2-6,8-9H2,1H3/b10-7+. The first-order valence-electron chi connectivity index (χ1n) is 5.07. The molecule has 0 aromatic carbocycles. The van der Waals surface area contributed by atoms with Gasteiger partial charge in [-0.25, -0.2) is 0 Å². The van der Waals surface area contributed by atoms with Crippen LogP contribution < -0.4 is 0 Å². The number of carbonyl (C=O) groups is 1. The Kier molecular flexibility index (Phi) is 4.06. The SMILES string of the molecule is CCCCCC/C=C1\CCC1=O. The van der Waals surface area contributed by atoms with E-state index < -0.39 is 0 Å². The van der Waals surface area contributed by atoms with Crippen LogP contribution in [0.4, 0.5) is 0 Å². The fraction of sp³-hybridized carbons (Fsp3) is 0.727. The van der Waals surface area contributed by atoms with Crippen LogP contribution in [0.1, 0.15) is 51.9 Å². The zero-order valence-electron chi connectivity index (χ0n) is 7.94. The molecule has 0 aliphatic heterocycles. The van der Waals surface area contributed by atoms with E-state index in [1.165, 1.54) is 25.7 Å². The summed E-state index contributed by atoms with van der Waals surface area (Å²) in [5, 5.41) is 0. The van der Waals surface area contributed by atoms with Crippen molar-refractivity contribution in [2.24, 2.45) is 0 Å². The van der Waals surface area contributed by atoms with Gasteiger partial charge in [-0.3, -0.25) is 4.79 Å². The number of ketones is 1. The summed E-state index contributed by atoms with van der Waals surface area (Å²) in [6.45, 7) is 2.22. The van der Waals surface area contributed by atoms with Gasteiger partial charge in [0.25, 0.3) is 0 Å². The second-order valence-electron chi connectivity index (χ2n) is 3.50. The molecule has 0 radical (unpaired) electrons. The highest BCUT2D eigenvalue weighted by atomic mass is 16.1. The monoisotopic (exact) mass is 166 g/mol. The minimum atomic E-state index is 0.380. The van der Waals surface area contributed by atoms with Gasteiger partial charge < -0.3 is 0 Å². The van der Waals surface area contributed by atoms with Crippen molar-refractivity contribution in [2.45, 2.75) is 51.9 Å². The second kappa shape index (κ2) is 5.13. The Morgan fingerprint density at radius 3 is 2.58 bits per heavy atom. The van der Waals surface area contributed by atoms with Crippen molar-refractivity contribution in [2.75, 3.05) is 0 Å². The van der Waals surface area contributed by atoms with Gasteiger partial charge >= 0.3 is 0 Å². The Labute approximate surface area is 74.9 Å². The first-order valence-corrected chi connectivity index (χ1v) is 5.07. The molecule has 12 heavy (non-hydrogen) atoms. The topological polar surface area (TPSA) is 17.1 Å². The molecule has 1 aliphatic rings. The maximum absolute atomic E-state index is 10.9. The summed E-state index contributed by atoms with van der Waals surface area (Å²) in [7, 11) is 0. The fourth-order valence-corrected chi connectivity index (χ4v) is 1.43. The molecular formula is C11H18O. The highest BCUT2D eigenvalue weighted by molar-refractivity contribution is 6.01. The first-order chi connectivity index (χ1) is 5.84. The zero-order valence-corrected chi connectivity index (χ0v) is 7.94. The van der Waals surface area contributed by atoms with Crippen molar-refractivity contribution in [3.63, 3.8) is 0 Å². The number of carbonyl (C=O) groups excluding carboxylic acids is 1. The van der Waals surface area contributed by atoms with Crippen molar-refractivity contribution in [3.8, 4) is 0 Å². The number of rotatable bonds is 5. The van der Waals surface area contributed by atoms with E-state index in [0.29, 0.717) is 5.78 Å². The largest absolute Gasteiger partial charge is 0.295 e. The van der Waals surface area contributed by atoms with Crippen LogP contribution in [-0.2, 0) is 4.79 Å². The Bertz CT molecular complexity index is 179. The Hall–Kier alpha value is -0.590. The molecule has 0 amide bonds. The molecule has 0 heterocycles. The second-order valence-corrected chi connectivity index (χ2v) is 3.50. The molecule has 0 N–H and O–H groups in total. The summed E-state index contributed by atoms with van der Waals surface area (Å²) in [4.78, 5) is 10.9. The number of hydrogen-bond acceptors (Lipinski definition) is 1. The van der Waals surface area contributed by atoms with Gasteiger partial charge in [0.05, 0.1) is 0 Å². The van der Waals surface area contributed by atoms with Gasteiger partial charge in [0, 0.05) is 6.42 Å². The van der Waals surface area contributed by atoms with E-state index in [1.54, 1.807) is 0 Å². The molecule has 0 aromatic rings. The Morgan fingerprint density at radius 2 is 2.08 bits per heavy atom. The number of hydrogen-bond donors (Lipinski definition) is 0. The molecule has 0 atom stereocenters. The van der Waals surface area contributed by atoms with Gasteiger partial charge in [-0.1, -0.05) is 32.3 Å². The maximum Gasteiger partial charge on any atom is 0.158 e. The Balaban J connectivity index is 2.01. The highest BCUT2D eigenvalue weighted by Crippen LogP contribution is 2.22. The van der Waals surface area contributed by atoms with Crippen LogP contribution >= 0.6 is 0 Å². The summed E-state index contributed by atoms with van der Waals surface area (Å²) >= 11 is 0. The number of Topliss-reactive ketones (excluding diaryl/α,β-unsaturated/α-hetero) is 1. The van der Waals surface area contributed by atoms with Crippen LogP contribution in [-0.4, -0.2) is 5.78 Å². The quantitative estimate of drug-likeness (QED) is 0.452. The smallest absolute Gasteiger partial charge is 0.158 e. The third-order valence-electron chi connectivity index (χ3n) is 2.43. The summed E-state index contributed by atoms with van der Waals surface area (Å²) in [5.41, 5.74) is 1.09. The van der Waals surface area contributed by atoms with E-state index in [2.05, 4.69) is 13.0 Å². The van der Waals surface area contributed by atoms with E-state index in [4.69, 9.17) is 0 Å². The van der Waals surface area contributed by atoms with Gasteiger partial charge in [0.1, 0.15) is 0 Å². The number of unbranched alkanes of at least 4 members (excludes halogenated alkanes) is 4. The molecule has 0 bridgehead atoms. The van der Waals surface area contributed by atoms with Gasteiger partial charge in [0.2, 0.25) is 0 Å². The third kappa shape index (κ3) is 2.80. The van der Waals surface area contributed by atoms with Crippen molar-refractivity contribution in [1.82, 2.24) is 0 Å². The first kappa shape index (κ1) is 9.50. The van der Waals surface area contributed by atoms with Crippen LogP contribution in [0.5, 0.6) is 0 Å². The lowest BCUT2D eigenvalue weighted by Gasteiger charge is -2.14. The summed E-state index contributed by atoms with van der Waals surface area (Å²) in [6, 6.07) is 0. The van der Waals surface area contributed by atoms with Crippen molar-refractivity contribution >= 4 is 5.78 Å². The molecule has 0 aromatic heterocycles. The van der Waals surface area contributed by atoms with Crippen LogP contribution in [0, 0.1) is 0 Å². The van der Waals surface area contributed by atoms with E-state index in [9.17, 15) is 4.79 Å². The molecule has 0 spiro atoms. The van der Waals surface area contributed by atoms with Crippen molar-refractivity contribution in [3.05, 3.63) is 11.6 Å². The maximum atomic E-state index is 10.9. The van der Waals surface area contributed by atoms with Crippen LogP contribution in [0.3, 0.4) is 0 Å². The molecule has 1 heteroatoms. The van der Waals surface area contributed by atoms with Gasteiger partial charge in [-0.05, 0) is 24.8 Å². The van der Waals surface area contributed by atoms with Crippen LogP contribution in [0.2, 0.25) is 0 Å². The van der Waals surface area contributed by atoms with E-state index in [0.717, 1.165) is 24.8 Å². The normalized spacial score (nSPS) is 19.8. The zero-order chi connectivity index (χ0) is 8.81. The van der Waals surface area contributed by atoms with Gasteiger partial charge in [0.15, 0.2) is 5.78 Å². The molecule has 1 aliphatic carbocycles. The lowest BCUT2D eigenvalue weighted by Crippen LogP contribution is -2.13. The minimum absolute atomic E-state index is 0.380. The van der Waals surface area contributed by atoms with Crippen molar-refractivity contribution < 1.29 is 4.79 Å². The lowest BCUT2D eigenvalue weighted by molar-refractivity contribution is -0.118. The Morgan fingerprint density at radius 1 is 1.25 bits per heavy atom. The van der Waals surface area contributed by atoms with Gasteiger partial charge in [-0.15, -0.1) is 0 Å². The van der Waals surface area contributed by atoms with Crippen molar-refractivity contribution in [1.29, 1.82) is 0 Å². The van der Waals surface area contributed by atoms with E-state index >= 15 is 0 Å². The molecule has 1 nitrogen and oxygen atoms in total. The fourth-order valence-electron chi connectivity index (χ4n) is 1.43. The minimum Gasteiger partial charge on any atom is -0.295 e. The predicted molar refractivity (Wildman–Crippen MR) is 51.1 cm³/mol. The van der Waals surface area contributed by atoms with Gasteiger partial charge in [-0.2, -0.15) is 0 Å². The molecule has 1 rings (SSSR count). The molecular weight excluding hydrogens is 148 g/mol. The number of allylic oxidation sites excluding steroid dienone is 2. The van der Waals surface area contributed by atoms with Crippen LogP contribution in [0.15, 0.2) is 11.6 Å². The average Bonchev–Trinajstić information content (AvgIpc) is 2.08. The molecule has 1 fully saturated rings. The van der Waals surface area contributed by atoms with Crippen LogP contribution in [0.25, 0.3) is 0 Å². The molecule has 68 valence electrons. The third-order valence-corrected chi connectivity index (χ3v) is 2.43.